The van der Waals surface area contributed by atoms with Crippen molar-refractivity contribution < 1.29 is 23.5 Å². The molecule has 0 aliphatic rings. The number of hydrogen-bond acceptors (Lipinski definition) is 7. The number of methoxy groups -OCH3 is 2. The van der Waals surface area contributed by atoms with Crippen LogP contribution in [-0.2, 0) is 13.6 Å². The van der Waals surface area contributed by atoms with E-state index in [0.29, 0.717) is 27.8 Å². The molecule has 4 rings (SSSR count). The van der Waals surface area contributed by atoms with Crippen molar-refractivity contribution in [3.8, 4) is 22.8 Å². The predicted molar refractivity (Wildman–Crippen MR) is 119 cm³/mol. The highest BCUT2D eigenvalue weighted by Gasteiger charge is 2.18. The van der Waals surface area contributed by atoms with Gasteiger partial charge in [-0.25, -0.2) is 0 Å². The SMILES string of the molecule is COc1ccc(OC)c(-c2cc(C(=O)NCc3ccc(C(=O)c4ccco4)s3)n(C)n2)c1. The second kappa shape index (κ2) is 9.11. The van der Waals surface area contributed by atoms with E-state index in [1.165, 1.54) is 22.3 Å². The molecule has 8 nitrogen and oxygen atoms in total. The van der Waals surface area contributed by atoms with Crippen molar-refractivity contribution in [2.24, 2.45) is 7.05 Å². The number of rotatable bonds is 8. The van der Waals surface area contributed by atoms with Gasteiger partial charge in [0.05, 0.1) is 37.6 Å². The first kappa shape index (κ1) is 21.4. The third kappa shape index (κ3) is 4.28. The molecule has 1 aromatic carbocycles. The van der Waals surface area contributed by atoms with Gasteiger partial charge in [-0.05, 0) is 48.5 Å². The fourth-order valence-electron chi connectivity index (χ4n) is 3.21. The lowest BCUT2D eigenvalue weighted by atomic mass is 10.1. The summed E-state index contributed by atoms with van der Waals surface area (Å²) in [6.07, 6.45) is 1.46. The Bertz CT molecular complexity index is 1260. The maximum atomic E-state index is 12.8. The number of amides is 1. The van der Waals surface area contributed by atoms with Crippen LogP contribution in [0.2, 0.25) is 0 Å². The first-order valence-electron chi connectivity index (χ1n) is 9.71. The van der Waals surface area contributed by atoms with Crippen LogP contribution < -0.4 is 14.8 Å². The van der Waals surface area contributed by atoms with Crippen LogP contribution in [0.4, 0.5) is 0 Å². The second-order valence-corrected chi connectivity index (χ2v) is 8.03. The molecule has 32 heavy (non-hydrogen) atoms. The normalized spacial score (nSPS) is 10.7. The number of hydrogen-bond donors (Lipinski definition) is 1. The molecule has 0 aliphatic heterocycles. The number of furan rings is 1. The van der Waals surface area contributed by atoms with Gasteiger partial charge in [0.1, 0.15) is 17.2 Å². The van der Waals surface area contributed by atoms with Crippen LogP contribution in [0.3, 0.4) is 0 Å². The Kier molecular flexibility index (Phi) is 6.09. The third-order valence-corrected chi connectivity index (χ3v) is 5.93. The lowest BCUT2D eigenvalue weighted by molar-refractivity contribution is 0.0941. The molecule has 0 radical (unpaired) electrons. The quantitative estimate of drug-likeness (QED) is 0.408. The number of nitrogens with zero attached hydrogens (tertiary/aromatic N) is 2. The largest absolute Gasteiger partial charge is 0.497 e. The van der Waals surface area contributed by atoms with E-state index in [1.807, 2.05) is 12.1 Å². The average Bonchev–Trinajstić information content (AvgIpc) is 3.57. The highest BCUT2D eigenvalue weighted by Crippen LogP contribution is 2.33. The molecule has 0 saturated heterocycles. The summed E-state index contributed by atoms with van der Waals surface area (Å²) in [5.74, 6) is 1.12. The number of ketones is 1. The summed E-state index contributed by atoms with van der Waals surface area (Å²) in [4.78, 5) is 26.5. The van der Waals surface area contributed by atoms with Crippen molar-refractivity contribution in [1.29, 1.82) is 0 Å². The predicted octanol–water partition coefficient (Wildman–Crippen LogP) is 3.92. The van der Waals surface area contributed by atoms with Crippen LogP contribution in [0.25, 0.3) is 11.3 Å². The third-order valence-electron chi connectivity index (χ3n) is 4.85. The number of aryl methyl sites for hydroxylation is 1. The van der Waals surface area contributed by atoms with E-state index in [4.69, 9.17) is 13.9 Å². The molecule has 0 fully saturated rings. The number of ether oxygens (including phenoxy) is 2. The van der Waals surface area contributed by atoms with Gasteiger partial charge < -0.3 is 19.2 Å². The Morgan fingerprint density at radius 3 is 2.69 bits per heavy atom. The molecule has 1 N–H and O–H groups in total. The summed E-state index contributed by atoms with van der Waals surface area (Å²) in [7, 11) is 4.87. The van der Waals surface area contributed by atoms with Gasteiger partial charge in [0.15, 0.2) is 5.76 Å². The highest BCUT2D eigenvalue weighted by atomic mass is 32.1. The minimum Gasteiger partial charge on any atom is -0.497 e. The molecule has 0 unspecified atom stereocenters. The van der Waals surface area contributed by atoms with Crippen LogP contribution in [-0.4, -0.2) is 35.7 Å². The van der Waals surface area contributed by atoms with Crippen molar-refractivity contribution in [3.63, 3.8) is 0 Å². The standard InChI is InChI=1S/C23H21N3O5S/c1-26-18(12-17(25-26)16-11-14(29-2)6-8-19(16)30-3)23(28)24-13-15-7-9-21(32-15)22(27)20-5-4-10-31-20/h4-12H,13H2,1-3H3,(H,24,28). The summed E-state index contributed by atoms with van der Waals surface area (Å²) in [5, 5.41) is 7.34. The van der Waals surface area contributed by atoms with Gasteiger partial charge >= 0.3 is 0 Å². The average molecular weight is 452 g/mol. The first-order chi connectivity index (χ1) is 15.5. The Morgan fingerprint density at radius 2 is 1.97 bits per heavy atom. The summed E-state index contributed by atoms with van der Waals surface area (Å²) >= 11 is 1.31. The van der Waals surface area contributed by atoms with E-state index >= 15 is 0 Å². The van der Waals surface area contributed by atoms with Crippen molar-refractivity contribution in [1.82, 2.24) is 15.1 Å². The lowest BCUT2D eigenvalue weighted by Gasteiger charge is -2.08. The number of carbonyl (C=O) groups is 2. The van der Waals surface area contributed by atoms with E-state index in [1.54, 1.807) is 57.7 Å². The molecule has 4 aromatic rings. The summed E-state index contributed by atoms with van der Waals surface area (Å²) in [6, 6.07) is 13.9. The molecule has 0 atom stereocenters. The molecule has 1 amide bonds. The molecular weight excluding hydrogens is 430 g/mol. The molecule has 0 saturated carbocycles. The Balaban J connectivity index is 1.47. The minimum absolute atomic E-state index is 0.180. The van der Waals surface area contributed by atoms with Gasteiger partial charge in [-0.2, -0.15) is 5.10 Å². The zero-order valence-electron chi connectivity index (χ0n) is 17.7. The lowest BCUT2D eigenvalue weighted by Crippen LogP contribution is -2.24. The summed E-state index contributed by atoms with van der Waals surface area (Å²) < 4.78 is 17.4. The zero-order chi connectivity index (χ0) is 22.7. The van der Waals surface area contributed by atoms with Crippen LogP contribution in [0.15, 0.2) is 59.2 Å². The van der Waals surface area contributed by atoms with Crippen LogP contribution in [0, 0.1) is 0 Å². The van der Waals surface area contributed by atoms with E-state index in [9.17, 15) is 9.59 Å². The highest BCUT2D eigenvalue weighted by molar-refractivity contribution is 7.14. The second-order valence-electron chi connectivity index (χ2n) is 6.86. The van der Waals surface area contributed by atoms with Gasteiger partial charge in [0.25, 0.3) is 5.91 Å². The number of aromatic nitrogens is 2. The van der Waals surface area contributed by atoms with Gasteiger partial charge in [-0.1, -0.05) is 0 Å². The van der Waals surface area contributed by atoms with Crippen LogP contribution in [0.1, 0.15) is 30.8 Å². The van der Waals surface area contributed by atoms with Crippen molar-refractivity contribution >= 4 is 23.0 Å². The summed E-state index contributed by atoms with van der Waals surface area (Å²) in [6.45, 7) is 0.290. The van der Waals surface area contributed by atoms with Gasteiger partial charge in [-0.15, -0.1) is 11.3 Å². The van der Waals surface area contributed by atoms with E-state index in [0.717, 1.165) is 10.4 Å². The van der Waals surface area contributed by atoms with Crippen molar-refractivity contribution in [2.75, 3.05) is 14.2 Å². The monoisotopic (exact) mass is 451 g/mol. The summed E-state index contributed by atoms with van der Waals surface area (Å²) in [5.41, 5.74) is 1.71. The van der Waals surface area contributed by atoms with Crippen LogP contribution >= 0.6 is 11.3 Å². The Labute approximate surface area is 188 Å². The maximum Gasteiger partial charge on any atom is 0.269 e. The molecule has 3 aromatic heterocycles. The zero-order valence-corrected chi connectivity index (χ0v) is 18.6. The smallest absolute Gasteiger partial charge is 0.269 e. The van der Waals surface area contributed by atoms with E-state index < -0.39 is 0 Å². The molecule has 164 valence electrons. The number of nitrogens with one attached hydrogen (secondary N) is 1. The van der Waals surface area contributed by atoms with E-state index in [-0.39, 0.29) is 24.0 Å². The first-order valence-corrected chi connectivity index (χ1v) is 10.5. The topological polar surface area (TPSA) is 95.6 Å². The van der Waals surface area contributed by atoms with Gasteiger partial charge in [0.2, 0.25) is 5.78 Å². The maximum absolute atomic E-state index is 12.8. The van der Waals surface area contributed by atoms with E-state index in [2.05, 4.69) is 10.4 Å². The van der Waals surface area contributed by atoms with Gasteiger partial charge in [0, 0.05) is 17.5 Å². The molecule has 3 heterocycles. The fourth-order valence-corrected chi connectivity index (χ4v) is 4.10. The number of benzene rings is 1. The van der Waals surface area contributed by atoms with Crippen molar-refractivity contribution in [3.05, 3.63) is 76.0 Å². The molecule has 0 aliphatic carbocycles. The number of carbonyl (C=O) groups excluding carboxylic acids is 2. The molecule has 9 heteroatoms. The fraction of sp³-hybridized carbons (Fsp3) is 0.174. The molecule has 0 spiro atoms. The molecule has 0 bridgehead atoms. The molecular formula is C23H21N3O5S. The number of thiophene rings is 1. The van der Waals surface area contributed by atoms with Crippen molar-refractivity contribution in [2.45, 2.75) is 6.54 Å². The van der Waals surface area contributed by atoms with Gasteiger partial charge in [-0.3, -0.25) is 14.3 Å². The Morgan fingerprint density at radius 1 is 1.12 bits per heavy atom. The van der Waals surface area contributed by atoms with Crippen LogP contribution in [0.5, 0.6) is 11.5 Å². The minimum atomic E-state index is -0.277. The Hall–Kier alpha value is -3.85.